The van der Waals surface area contributed by atoms with Gasteiger partial charge in [0.2, 0.25) is 0 Å². The third-order valence-electron chi connectivity index (χ3n) is 2.12. The fraction of sp³-hybridized carbons (Fsp3) is 0.200. The smallest absolute Gasteiger partial charge is 0.138 e. The topological polar surface area (TPSA) is 50.9 Å². The average molecular weight is 224 g/mol. The van der Waals surface area contributed by atoms with Gasteiger partial charge in [0.25, 0.3) is 0 Å². The summed E-state index contributed by atoms with van der Waals surface area (Å²) in [6.07, 6.45) is 2.48. The maximum Gasteiger partial charge on any atom is 0.138 e. The van der Waals surface area contributed by atoms with Crippen molar-refractivity contribution in [2.75, 3.05) is 0 Å². The van der Waals surface area contributed by atoms with Gasteiger partial charge >= 0.3 is 0 Å². The van der Waals surface area contributed by atoms with Gasteiger partial charge in [-0.25, -0.2) is 9.67 Å². The normalized spacial score (nSPS) is 12.7. The molecule has 0 amide bonds. The summed E-state index contributed by atoms with van der Waals surface area (Å²) in [6.45, 7) is 1.68. The molecule has 0 spiro atoms. The molecule has 1 aromatic heterocycles. The zero-order valence-corrected chi connectivity index (χ0v) is 8.89. The number of aliphatic hydroxyl groups is 1. The summed E-state index contributed by atoms with van der Waals surface area (Å²) in [5.41, 5.74) is 1.53. The number of hydrogen-bond acceptors (Lipinski definition) is 3. The van der Waals surface area contributed by atoms with Crippen molar-refractivity contribution in [2.45, 2.75) is 13.0 Å². The average Bonchev–Trinajstić information content (AvgIpc) is 2.69. The van der Waals surface area contributed by atoms with E-state index in [1.807, 2.05) is 6.07 Å². The number of aliphatic hydroxyl groups excluding tert-OH is 1. The van der Waals surface area contributed by atoms with Crippen LogP contribution in [0.15, 0.2) is 30.9 Å². The number of hydrogen-bond donors (Lipinski definition) is 1. The second-order valence-electron chi connectivity index (χ2n) is 3.22. The van der Waals surface area contributed by atoms with Crippen molar-refractivity contribution in [1.82, 2.24) is 14.8 Å². The molecule has 78 valence electrons. The number of aromatic nitrogens is 3. The molecule has 0 aliphatic rings. The van der Waals surface area contributed by atoms with Gasteiger partial charge in [-0.3, -0.25) is 0 Å². The van der Waals surface area contributed by atoms with E-state index in [9.17, 15) is 5.11 Å². The Kier molecular flexibility index (Phi) is 2.70. The molecule has 2 aromatic rings. The van der Waals surface area contributed by atoms with E-state index in [-0.39, 0.29) is 0 Å². The molecule has 2 rings (SSSR count). The first kappa shape index (κ1) is 10.1. The van der Waals surface area contributed by atoms with Crippen molar-refractivity contribution < 1.29 is 5.11 Å². The summed E-state index contributed by atoms with van der Waals surface area (Å²) in [6, 6.07) is 5.37. The van der Waals surface area contributed by atoms with Crippen LogP contribution in [0.3, 0.4) is 0 Å². The van der Waals surface area contributed by atoms with E-state index in [0.29, 0.717) is 10.6 Å². The zero-order valence-electron chi connectivity index (χ0n) is 8.13. The molecule has 0 saturated carbocycles. The minimum absolute atomic E-state index is 0.526. The Bertz CT molecular complexity index is 454. The molecule has 0 unspecified atom stereocenters. The van der Waals surface area contributed by atoms with Gasteiger partial charge in [-0.1, -0.05) is 17.7 Å². The van der Waals surface area contributed by atoms with Gasteiger partial charge in [0, 0.05) is 5.02 Å². The van der Waals surface area contributed by atoms with E-state index in [2.05, 4.69) is 10.1 Å². The Morgan fingerprint density at radius 3 is 2.80 bits per heavy atom. The van der Waals surface area contributed by atoms with Crippen LogP contribution in [0.1, 0.15) is 18.6 Å². The molecule has 0 radical (unpaired) electrons. The molecule has 0 aliphatic carbocycles. The van der Waals surface area contributed by atoms with Crippen molar-refractivity contribution in [2.24, 2.45) is 0 Å². The van der Waals surface area contributed by atoms with Gasteiger partial charge in [0.15, 0.2) is 0 Å². The van der Waals surface area contributed by atoms with E-state index in [0.717, 1.165) is 5.69 Å². The summed E-state index contributed by atoms with van der Waals surface area (Å²) in [7, 11) is 0. The Labute approximate surface area is 92.1 Å². The van der Waals surface area contributed by atoms with Crippen LogP contribution in [0, 0.1) is 0 Å². The lowest BCUT2D eigenvalue weighted by atomic mass is 10.1. The van der Waals surface area contributed by atoms with Gasteiger partial charge in [-0.15, -0.1) is 0 Å². The van der Waals surface area contributed by atoms with Crippen molar-refractivity contribution in [3.8, 4) is 5.69 Å². The Hall–Kier alpha value is -1.39. The van der Waals surface area contributed by atoms with E-state index in [1.54, 1.807) is 30.1 Å². The summed E-state index contributed by atoms with van der Waals surface area (Å²) in [5.74, 6) is 0. The van der Waals surface area contributed by atoms with Crippen LogP contribution in [0.2, 0.25) is 5.02 Å². The van der Waals surface area contributed by atoms with Crippen LogP contribution in [0.5, 0.6) is 0 Å². The predicted octanol–water partition coefficient (Wildman–Crippen LogP) is 1.97. The van der Waals surface area contributed by atoms with Crippen LogP contribution < -0.4 is 0 Å². The van der Waals surface area contributed by atoms with E-state index in [4.69, 9.17) is 11.6 Å². The summed E-state index contributed by atoms with van der Waals surface area (Å²) in [4.78, 5) is 3.85. The van der Waals surface area contributed by atoms with Gasteiger partial charge in [-0.2, -0.15) is 5.10 Å². The maximum atomic E-state index is 9.41. The predicted molar refractivity (Wildman–Crippen MR) is 57.0 cm³/mol. The molecule has 1 aromatic carbocycles. The van der Waals surface area contributed by atoms with Crippen LogP contribution in [0.4, 0.5) is 0 Å². The highest BCUT2D eigenvalue weighted by atomic mass is 35.5. The first-order valence-electron chi connectivity index (χ1n) is 4.51. The molecule has 4 nitrogen and oxygen atoms in total. The van der Waals surface area contributed by atoms with Crippen molar-refractivity contribution in [3.63, 3.8) is 0 Å². The number of halogens is 1. The van der Waals surface area contributed by atoms with Crippen LogP contribution in [-0.2, 0) is 0 Å². The van der Waals surface area contributed by atoms with Gasteiger partial charge in [0.05, 0.1) is 11.8 Å². The third-order valence-corrected chi connectivity index (χ3v) is 2.44. The molecular weight excluding hydrogens is 214 g/mol. The second-order valence-corrected chi connectivity index (χ2v) is 3.63. The fourth-order valence-electron chi connectivity index (χ4n) is 1.34. The largest absolute Gasteiger partial charge is 0.389 e. The number of rotatable bonds is 2. The SMILES string of the molecule is C[C@@H](O)c1ccc(-n2cncn2)cc1Cl. The van der Waals surface area contributed by atoms with E-state index in [1.165, 1.54) is 6.33 Å². The molecule has 1 N–H and O–H groups in total. The quantitative estimate of drug-likeness (QED) is 0.847. The Balaban J connectivity index is 2.42. The molecule has 15 heavy (non-hydrogen) atoms. The van der Waals surface area contributed by atoms with Crippen LogP contribution in [-0.4, -0.2) is 19.9 Å². The maximum absolute atomic E-state index is 9.41. The lowest BCUT2D eigenvalue weighted by Crippen LogP contribution is -1.97. The van der Waals surface area contributed by atoms with Gasteiger partial charge in [0.1, 0.15) is 12.7 Å². The minimum Gasteiger partial charge on any atom is -0.389 e. The summed E-state index contributed by atoms with van der Waals surface area (Å²) < 4.78 is 1.61. The number of benzene rings is 1. The Morgan fingerprint density at radius 2 is 2.27 bits per heavy atom. The molecule has 0 saturated heterocycles. The first-order chi connectivity index (χ1) is 7.18. The monoisotopic (exact) mass is 223 g/mol. The summed E-state index contributed by atoms with van der Waals surface area (Å²) in [5, 5.41) is 13.9. The lowest BCUT2D eigenvalue weighted by molar-refractivity contribution is 0.199. The highest BCUT2D eigenvalue weighted by Crippen LogP contribution is 2.24. The number of nitrogens with zero attached hydrogens (tertiary/aromatic N) is 3. The van der Waals surface area contributed by atoms with Crippen molar-refractivity contribution in [3.05, 3.63) is 41.4 Å². The fourth-order valence-corrected chi connectivity index (χ4v) is 1.67. The molecular formula is C10H10ClN3O. The zero-order chi connectivity index (χ0) is 10.8. The summed E-state index contributed by atoms with van der Waals surface area (Å²) >= 11 is 6.02. The molecule has 0 bridgehead atoms. The highest BCUT2D eigenvalue weighted by molar-refractivity contribution is 6.31. The minimum atomic E-state index is -0.567. The van der Waals surface area contributed by atoms with Crippen molar-refractivity contribution in [1.29, 1.82) is 0 Å². The van der Waals surface area contributed by atoms with E-state index >= 15 is 0 Å². The Morgan fingerprint density at radius 1 is 1.47 bits per heavy atom. The van der Waals surface area contributed by atoms with Gasteiger partial charge in [-0.05, 0) is 24.6 Å². The third kappa shape index (κ3) is 2.00. The molecule has 0 aliphatic heterocycles. The standard InChI is InChI=1S/C10H10ClN3O/c1-7(15)9-3-2-8(4-10(9)11)14-6-12-5-13-14/h2-7,15H,1H3/t7-/m1/s1. The first-order valence-corrected chi connectivity index (χ1v) is 4.89. The van der Waals surface area contributed by atoms with Crippen LogP contribution >= 0.6 is 11.6 Å². The lowest BCUT2D eigenvalue weighted by Gasteiger charge is -2.08. The molecule has 1 atom stereocenters. The molecule has 1 heterocycles. The highest BCUT2D eigenvalue weighted by Gasteiger charge is 2.07. The molecule has 0 fully saturated rings. The van der Waals surface area contributed by atoms with Crippen LogP contribution in [0.25, 0.3) is 5.69 Å². The van der Waals surface area contributed by atoms with E-state index < -0.39 is 6.10 Å². The molecule has 5 heteroatoms. The van der Waals surface area contributed by atoms with Gasteiger partial charge < -0.3 is 5.11 Å². The van der Waals surface area contributed by atoms with Crippen molar-refractivity contribution >= 4 is 11.6 Å². The second kappa shape index (κ2) is 4.00.